The van der Waals surface area contributed by atoms with E-state index in [0.717, 1.165) is 22.2 Å². The molecule has 1 aliphatic carbocycles. The predicted octanol–water partition coefficient (Wildman–Crippen LogP) is 1.49. The molecule has 1 aromatic rings. The summed E-state index contributed by atoms with van der Waals surface area (Å²) in [5.41, 5.74) is -0.504. The molecule has 2 aliphatic rings. The first-order valence-electron chi connectivity index (χ1n) is 7.10. The third kappa shape index (κ3) is 2.61. The maximum atomic E-state index is 12.7. The minimum Gasteiger partial charge on any atom is -0.352 e. The van der Waals surface area contributed by atoms with Gasteiger partial charge >= 0.3 is 6.03 Å². The second-order valence-electron chi connectivity index (χ2n) is 5.77. The Morgan fingerprint density at radius 3 is 2.73 bits per heavy atom. The van der Waals surface area contributed by atoms with Crippen LogP contribution in [0.1, 0.15) is 25.3 Å². The Balaban J connectivity index is 1.81. The van der Waals surface area contributed by atoms with Gasteiger partial charge in [0.2, 0.25) is 5.91 Å². The zero-order valence-electron chi connectivity index (χ0n) is 12.1. The first kappa shape index (κ1) is 15.0. The molecule has 1 saturated carbocycles. The number of urea groups is 1. The summed E-state index contributed by atoms with van der Waals surface area (Å²) in [4.78, 5) is 37.6. The number of hydrogen-bond donors (Lipinski definition) is 2. The Hall–Kier alpha value is -1.89. The Bertz CT molecular complexity index is 659. The number of rotatable bonds is 4. The minimum atomic E-state index is -1.17. The molecule has 22 heavy (non-hydrogen) atoms. The maximum Gasteiger partial charge on any atom is 0.325 e. The molecule has 4 amide bonds. The standard InChI is InChI=1S/C15H16BrN3O3/c1-15(10-4-2-3-5-11(10)16)13(21)19(14(22)18-15)8-12(20)17-9-6-7-9/h2-5,9H,6-8H2,1H3,(H,17,20)(H,18,22). The van der Waals surface area contributed by atoms with E-state index in [0.29, 0.717) is 5.56 Å². The number of hydrogen-bond acceptors (Lipinski definition) is 3. The molecular weight excluding hydrogens is 350 g/mol. The van der Waals surface area contributed by atoms with Crippen molar-refractivity contribution in [3.63, 3.8) is 0 Å². The molecule has 3 rings (SSSR count). The van der Waals surface area contributed by atoms with Crippen LogP contribution in [-0.2, 0) is 15.1 Å². The fourth-order valence-electron chi connectivity index (χ4n) is 2.53. The van der Waals surface area contributed by atoms with Crippen molar-refractivity contribution in [3.05, 3.63) is 34.3 Å². The van der Waals surface area contributed by atoms with E-state index in [9.17, 15) is 14.4 Å². The second-order valence-corrected chi connectivity index (χ2v) is 6.62. The SMILES string of the molecule is CC1(c2ccccc2Br)NC(=O)N(CC(=O)NC2CC2)C1=O. The molecule has 6 nitrogen and oxygen atoms in total. The van der Waals surface area contributed by atoms with E-state index in [-0.39, 0.29) is 18.5 Å². The van der Waals surface area contributed by atoms with Gasteiger partial charge in [0.15, 0.2) is 0 Å². The van der Waals surface area contributed by atoms with Gasteiger partial charge in [0.25, 0.3) is 5.91 Å². The molecule has 7 heteroatoms. The highest BCUT2D eigenvalue weighted by Crippen LogP contribution is 2.33. The first-order valence-corrected chi connectivity index (χ1v) is 7.89. The molecule has 0 radical (unpaired) electrons. The van der Waals surface area contributed by atoms with E-state index in [1.54, 1.807) is 19.1 Å². The van der Waals surface area contributed by atoms with Gasteiger partial charge in [0.05, 0.1) is 0 Å². The fraction of sp³-hybridized carbons (Fsp3) is 0.400. The number of nitrogens with zero attached hydrogens (tertiary/aromatic N) is 1. The van der Waals surface area contributed by atoms with Crippen LogP contribution in [0.5, 0.6) is 0 Å². The lowest BCUT2D eigenvalue weighted by Gasteiger charge is -2.23. The van der Waals surface area contributed by atoms with Gasteiger partial charge in [-0.2, -0.15) is 0 Å². The second kappa shape index (κ2) is 5.39. The quantitative estimate of drug-likeness (QED) is 0.793. The Morgan fingerprint density at radius 1 is 1.41 bits per heavy atom. The average molecular weight is 366 g/mol. The van der Waals surface area contributed by atoms with Crippen LogP contribution < -0.4 is 10.6 Å². The van der Waals surface area contributed by atoms with Gasteiger partial charge < -0.3 is 10.6 Å². The number of nitrogens with one attached hydrogen (secondary N) is 2. The van der Waals surface area contributed by atoms with Gasteiger partial charge in [-0.15, -0.1) is 0 Å². The smallest absolute Gasteiger partial charge is 0.325 e. The molecule has 1 heterocycles. The third-order valence-electron chi connectivity index (χ3n) is 3.93. The van der Waals surface area contributed by atoms with Crippen LogP contribution in [0.4, 0.5) is 4.79 Å². The van der Waals surface area contributed by atoms with Crippen LogP contribution in [0.2, 0.25) is 0 Å². The van der Waals surface area contributed by atoms with Crippen molar-refractivity contribution in [2.45, 2.75) is 31.3 Å². The van der Waals surface area contributed by atoms with E-state index < -0.39 is 17.5 Å². The molecule has 0 spiro atoms. The lowest BCUT2D eigenvalue weighted by Crippen LogP contribution is -2.43. The monoisotopic (exact) mass is 365 g/mol. The van der Waals surface area contributed by atoms with Gasteiger partial charge in [-0.3, -0.25) is 14.5 Å². The Labute approximate surface area is 136 Å². The van der Waals surface area contributed by atoms with Crippen LogP contribution in [0.15, 0.2) is 28.7 Å². The van der Waals surface area contributed by atoms with Crippen molar-refractivity contribution in [2.24, 2.45) is 0 Å². The number of amides is 4. The third-order valence-corrected chi connectivity index (χ3v) is 4.62. The van der Waals surface area contributed by atoms with Crippen LogP contribution in [0, 0.1) is 0 Å². The first-order chi connectivity index (χ1) is 10.4. The molecule has 1 aliphatic heterocycles. The molecular formula is C15H16BrN3O3. The summed E-state index contributed by atoms with van der Waals surface area (Å²) in [7, 11) is 0. The average Bonchev–Trinajstić information content (AvgIpc) is 3.24. The van der Waals surface area contributed by atoms with Crippen molar-refractivity contribution in [3.8, 4) is 0 Å². The summed E-state index contributed by atoms with van der Waals surface area (Å²) in [5.74, 6) is -0.724. The normalized spacial score (nSPS) is 24.4. The molecule has 2 fully saturated rings. The van der Waals surface area contributed by atoms with Crippen molar-refractivity contribution in [1.29, 1.82) is 0 Å². The number of halogens is 1. The summed E-state index contributed by atoms with van der Waals surface area (Å²) in [6.45, 7) is 1.40. The van der Waals surface area contributed by atoms with Crippen LogP contribution in [0.25, 0.3) is 0 Å². The van der Waals surface area contributed by atoms with Gasteiger partial charge in [-0.1, -0.05) is 34.1 Å². The number of imide groups is 1. The van der Waals surface area contributed by atoms with Crippen LogP contribution in [0.3, 0.4) is 0 Å². The van der Waals surface area contributed by atoms with Crippen LogP contribution in [-0.4, -0.2) is 35.3 Å². The van der Waals surface area contributed by atoms with Gasteiger partial charge in [0, 0.05) is 16.1 Å². The number of benzene rings is 1. The molecule has 2 N–H and O–H groups in total. The molecule has 0 bridgehead atoms. The van der Waals surface area contributed by atoms with E-state index in [4.69, 9.17) is 0 Å². The molecule has 0 aromatic heterocycles. The van der Waals surface area contributed by atoms with E-state index in [2.05, 4.69) is 26.6 Å². The van der Waals surface area contributed by atoms with Gasteiger partial charge in [-0.05, 0) is 25.8 Å². The molecule has 1 atom stereocenters. The maximum absolute atomic E-state index is 12.7. The van der Waals surface area contributed by atoms with E-state index >= 15 is 0 Å². The van der Waals surface area contributed by atoms with Crippen LogP contribution >= 0.6 is 15.9 Å². The highest BCUT2D eigenvalue weighted by Gasteiger charge is 2.50. The summed E-state index contributed by atoms with van der Waals surface area (Å²) < 4.78 is 0.732. The molecule has 116 valence electrons. The van der Waals surface area contributed by atoms with Crippen molar-refractivity contribution < 1.29 is 14.4 Å². The summed E-state index contributed by atoms with van der Waals surface area (Å²) in [5, 5.41) is 5.47. The molecule has 1 aromatic carbocycles. The summed E-state index contributed by atoms with van der Waals surface area (Å²) in [6, 6.07) is 6.86. The summed E-state index contributed by atoms with van der Waals surface area (Å²) >= 11 is 3.40. The molecule has 1 saturated heterocycles. The highest BCUT2D eigenvalue weighted by molar-refractivity contribution is 9.10. The summed E-state index contributed by atoms with van der Waals surface area (Å²) in [6.07, 6.45) is 1.92. The minimum absolute atomic E-state index is 0.197. The fourth-order valence-corrected chi connectivity index (χ4v) is 3.22. The van der Waals surface area contributed by atoms with E-state index in [1.165, 1.54) is 0 Å². The van der Waals surface area contributed by atoms with Gasteiger partial charge in [-0.25, -0.2) is 4.79 Å². The zero-order valence-corrected chi connectivity index (χ0v) is 13.6. The Morgan fingerprint density at radius 2 is 2.09 bits per heavy atom. The Kier molecular flexibility index (Phi) is 3.68. The van der Waals surface area contributed by atoms with Crippen molar-refractivity contribution in [1.82, 2.24) is 15.5 Å². The van der Waals surface area contributed by atoms with Gasteiger partial charge in [0.1, 0.15) is 12.1 Å². The van der Waals surface area contributed by atoms with E-state index in [1.807, 2.05) is 12.1 Å². The lowest BCUT2D eigenvalue weighted by atomic mass is 9.92. The topological polar surface area (TPSA) is 78.5 Å². The largest absolute Gasteiger partial charge is 0.352 e. The van der Waals surface area contributed by atoms with Crippen molar-refractivity contribution >= 4 is 33.8 Å². The molecule has 1 unspecified atom stereocenters. The lowest BCUT2D eigenvalue weighted by molar-refractivity contribution is -0.134. The number of carbonyl (C=O) groups is 3. The zero-order chi connectivity index (χ0) is 15.9. The van der Waals surface area contributed by atoms with Crippen molar-refractivity contribution in [2.75, 3.05) is 6.54 Å². The highest BCUT2D eigenvalue weighted by atomic mass is 79.9. The predicted molar refractivity (Wildman–Crippen MR) is 82.9 cm³/mol. The number of carbonyl (C=O) groups excluding carboxylic acids is 3.